The van der Waals surface area contributed by atoms with Crippen LogP contribution < -0.4 is 10.2 Å². The van der Waals surface area contributed by atoms with Gasteiger partial charge in [-0.25, -0.2) is 0 Å². The molecule has 152 valence electrons. The van der Waals surface area contributed by atoms with E-state index in [1.54, 1.807) is 12.1 Å². The SMILES string of the molecule is Cc1ccc(Cc2nnc(NC(=O)c3ccc(N4C(=O)CCC4=O)cc3)o2)cc1C. The van der Waals surface area contributed by atoms with Crippen molar-refractivity contribution in [3.63, 3.8) is 0 Å². The summed E-state index contributed by atoms with van der Waals surface area (Å²) in [6.45, 7) is 4.09. The van der Waals surface area contributed by atoms with Gasteiger partial charge in [0.15, 0.2) is 0 Å². The molecule has 0 unspecified atom stereocenters. The van der Waals surface area contributed by atoms with Crippen LogP contribution in [0.3, 0.4) is 0 Å². The summed E-state index contributed by atoms with van der Waals surface area (Å²) < 4.78 is 5.53. The van der Waals surface area contributed by atoms with Crippen molar-refractivity contribution < 1.29 is 18.8 Å². The summed E-state index contributed by atoms with van der Waals surface area (Å²) in [5.41, 5.74) is 4.23. The zero-order chi connectivity index (χ0) is 21.3. The third-order valence-corrected chi connectivity index (χ3v) is 5.05. The highest BCUT2D eigenvalue weighted by Crippen LogP contribution is 2.23. The Morgan fingerprint density at radius 3 is 2.37 bits per heavy atom. The van der Waals surface area contributed by atoms with Crippen molar-refractivity contribution in [3.05, 3.63) is 70.6 Å². The molecule has 30 heavy (non-hydrogen) atoms. The van der Waals surface area contributed by atoms with Crippen molar-refractivity contribution in [2.45, 2.75) is 33.1 Å². The van der Waals surface area contributed by atoms with E-state index >= 15 is 0 Å². The van der Waals surface area contributed by atoms with Crippen molar-refractivity contribution in [1.82, 2.24) is 10.2 Å². The molecule has 0 radical (unpaired) electrons. The number of nitrogens with zero attached hydrogens (tertiary/aromatic N) is 3. The fraction of sp³-hybridized carbons (Fsp3) is 0.227. The lowest BCUT2D eigenvalue weighted by atomic mass is 10.0. The molecule has 2 aromatic carbocycles. The Labute approximate surface area is 172 Å². The number of carbonyl (C=O) groups is 3. The lowest BCUT2D eigenvalue weighted by Gasteiger charge is -2.13. The lowest BCUT2D eigenvalue weighted by Crippen LogP contribution is -2.28. The molecule has 1 fully saturated rings. The maximum atomic E-state index is 12.4. The molecule has 0 bridgehead atoms. The number of aromatic nitrogens is 2. The largest absolute Gasteiger partial charge is 0.407 e. The van der Waals surface area contributed by atoms with Gasteiger partial charge < -0.3 is 4.42 Å². The van der Waals surface area contributed by atoms with E-state index in [-0.39, 0.29) is 30.7 Å². The molecule has 1 saturated heterocycles. The number of anilines is 2. The molecule has 2 heterocycles. The highest BCUT2D eigenvalue weighted by atomic mass is 16.4. The van der Waals surface area contributed by atoms with Gasteiger partial charge in [0.1, 0.15) is 0 Å². The van der Waals surface area contributed by atoms with Crippen LogP contribution in [0.2, 0.25) is 0 Å². The number of nitrogens with one attached hydrogen (secondary N) is 1. The summed E-state index contributed by atoms with van der Waals surface area (Å²) >= 11 is 0. The van der Waals surface area contributed by atoms with Crippen LogP contribution in [0.5, 0.6) is 0 Å². The van der Waals surface area contributed by atoms with Gasteiger partial charge in [0, 0.05) is 18.4 Å². The summed E-state index contributed by atoms with van der Waals surface area (Å²) in [6.07, 6.45) is 0.891. The predicted molar refractivity (Wildman–Crippen MR) is 109 cm³/mol. The third kappa shape index (κ3) is 3.98. The lowest BCUT2D eigenvalue weighted by molar-refractivity contribution is -0.121. The normalized spacial score (nSPS) is 13.7. The van der Waals surface area contributed by atoms with Gasteiger partial charge >= 0.3 is 6.01 Å². The average molecular weight is 404 g/mol. The topological polar surface area (TPSA) is 105 Å². The van der Waals surface area contributed by atoms with Crippen LogP contribution in [0, 0.1) is 13.8 Å². The van der Waals surface area contributed by atoms with E-state index in [0.717, 1.165) is 10.5 Å². The molecule has 0 aliphatic carbocycles. The quantitative estimate of drug-likeness (QED) is 0.655. The fourth-order valence-corrected chi connectivity index (χ4v) is 3.26. The number of rotatable bonds is 5. The molecule has 0 saturated carbocycles. The number of imide groups is 1. The Balaban J connectivity index is 1.41. The molecule has 1 aliphatic rings. The average Bonchev–Trinajstić information content (AvgIpc) is 3.30. The van der Waals surface area contributed by atoms with Crippen molar-refractivity contribution in [2.75, 3.05) is 10.2 Å². The number of benzene rings is 2. The first-order chi connectivity index (χ1) is 14.4. The van der Waals surface area contributed by atoms with Gasteiger partial charge in [0.2, 0.25) is 17.7 Å². The second-order valence-electron chi connectivity index (χ2n) is 7.22. The number of carbonyl (C=O) groups excluding carboxylic acids is 3. The van der Waals surface area contributed by atoms with E-state index in [1.807, 2.05) is 26.0 Å². The molecule has 0 atom stereocenters. The number of hydrogen-bond acceptors (Lipinski definition) is 6. The van der Waals surface area contributed by atoms with Crippen molar-refractivity contribution in [3.8, 4) is 0 Å². The van der Waals surface area contributed by atoms with Crippen molar-refractivity contribution >= 4 is 29.4 Å². The molecule has 3 aromatic rings. The van der Waals surface area contributed by atoms with Gasteiger partial charge in [-0.15, -0.1) is 5.10 Å². The van der Waals surface area contributed by atoms with Gasteiger partial charge in [-0.3, -0.25) is 24.6 Å². The summed E-state index contributed by atoms with van der Waals surface area (Å²) in [4.78, 5) is 37.2. The molecular weight excluding hydrogens is 384 g/mol. The highest BCUT2D eigenvalue weighted by Gasteiger charge is 2.30. The van der Waals surface area contributed by atoms with E-state index in [1.165, 1.54) is 23.3 Å². The van der Waals surface area contributed by atoms with E-state index < -0.39 is 5.91 Å². The number of amides is 3. The zero-order valence-corrected chi connectivity index (χ0v) is 16.6. The van der Waals surface area contributed by atoms with Gasteiger partial charge in [0.25, 0.3) is 5.91 Å². The maximum Gasteiger partial charge on any atom is 0.322 e. The standard InChI is InChI=1S/C22H20N4O4/c1-13-3-4-15(11-14(13)2)12-18-24-25-22(30-18)23-21(29)16-5-7-17(8-6-16)26-19(27)9-10-20(26)28/h3-8,11H,9-10,12H2,1-2H3,(H,23,25,29). The molecular formula is C22H20N4O4. The Hall–Kier alpha value is -3.81. The Kier molecular flexibility index (Phi) is 5.14. The number of hydrogen-bond donors (Lipinski definition) is 1. The Morgan fingerprint density at radius 2 is 1.70 bits per heavy atom. The maximum absolute atomic E-state index is 12.4. The second kappa shape index (κ2) is 7.90. The molecule has 1 aromatic heterocycles. The van der Waals surface area contributed by atoms with Gasteiger partial charge in [-0.05, 0) is 54.8 Å². The molecule has 1 aliphatic heterocycles. The number of aryl methyl sites for hydroxylation is 2. The van der Waals surface area contributed by atoms with Crippen LogP contribution >= 0.6 is 0 Å². The fourth-order valence-electron chi connectivity index (χ4n) is 3.26. The van der Waals surface area contributed by atoms with E-state index in [0.29, 0.717) is 23.6 Å². The van der Waals surface area contributed by atoms with Crippen LogP contribution in [0.1, 0.15) is 45.8 Å². The van der Waals surface area contributed by atoms with Crippen molar-refractivity contribution in [2.24, 2.45) is 0 Å². The minimum atomic E-state index is -0.429. The molecule has 1 N–H and O–H groups in total. The Morgan fingerprint density at radius 1 is 1.00 bits per heavy atom. The molecule has 3 amide bonds. The van der Waals surface area contributed by atoms with Gasteiger partial charge in [-0.1, -0.05) is 23.3 Å². The molecule has 8 nitrogen and oxygen atoms in total. The highest BCUT2D eigenvalue weighted by molar-refractivity contribution is 6.20. The predicted octanol–water partition coefficient (Wildman–Crippen LogP) is 3.18. The summed E-state index contributed by atoms with van der Waals surface area (Å²) in [6, 6.07) is 12.3. The minimum absolute atomic E-state index is 0.00723. The van der Waals surface area contributed by atoms with Gasteiger partial charge in [0.05, 0.1) is 12.1 Å². The van der Waals surface area contributed by atoms with Crippen LogP contribution in [0.25, 0.3) is 0 Å². The van der Waals surface area contributed by atoms with Crippen LogP contribution in [-0.2, 0) is 16.0 Å². The smallest absolute Gasteiger partial charge is 0.322 e. The monoisotopic (exact) mass is 404 g/mol. The summed E-state index contributed by atoms with van der Waals surface area (Å²) in [7, 11) is 0. The van der Waals surface area contributed by atoms with Crippen molar-refractivity contribution in [1.29, 1.82) is 0 Å². The van der Waals surface area contributed by atoms with E-state index in [2.05, 4.69) is 21.6 Å². The minimum Gasteiger partial charge on any atom is -0.407 e. The molecule has 8 heteroatoms. The first-order valence-corrected chi connectivity index (χ1v) is 9.56. The molecule has 4 rings (SSSR count). The Bertz CT molecular complexity index is 1120. The van der Waals surface area contributed by atoms with Gasteiger partial charge in [-0.2, -0.15) is 0 Å². The van der Waals surface area contributed by atoms with Crippen LogP contribution in [0.15, 0.2) is 46.9 Å². The third-order valence-electron chi connectivity index (χ3n) is 5.05. The first-order valence-electron chi connectivity index (χ1n) is 9.56. The van der Waals surface area contributed by atoms with E-state index in [9.17, 15) is 14.4 Å². The molecule has 0 spiro atoms. The second-order valence-corrected chi connectivity index (χ2v) is 7.22. The van der Waals surface area contributed by atoms with E-state index in [4.69, 9.17) is 4.42 Å². The zero-order valence-electron chi connectivity index (χ0n) is 16.6. The van der Waals surface area contributed by atoms with Crippen LogP contribution in [-0.4, -0.2) is 27.9 Å². The summed E-state index contributed by atoms with van der Waals surface area (Å²) in [5, 5.41) is 10.4. The van der Waals surface area contributed by atoms with Crippen LogP contribution in [0.4, 0.5) is 11.7 Å². The summed E-state index contributed by atoms with van der Waals surface area (Å²) in [5.74, 6) is -0.504. The first kappa shape index (κ1) is 19.5.